The molecule has 0 spiro atoms. The van der Waals surface area contributed by atoms with Crippen molar-refractivity contribution in [3.8, 4) is 17.0 Å². The summed E-state index contributed by atoms with van der Waals surface area (Å²) in [6.45, 7) is 0.484. The predicted octanol–water partition coefficient (Wildman–Crippen LogP) is 4.42. The summed E-state index contributed by atoms with van der Waals surface area (Å²) in [5, 5.41) is 2.81. The van der Waals surface area contributed by atoms with E-state index in [2.05, 4.69) is 5.10 Å². The predicted molar refractivity (Wildman–Crippen MR) is 126 cm³/mol. The van der Waals surface area contributed by atoms with Crippen LogP contribution in [0.25, 0.3) is 16.9 Å². The van der Waals surface area contributed by atoms with Gasteiger partial charge in [-0.2, -0.15) is 0 Å². The van der Waals surface area contributed by atoms with Gasteiger partial charge >= 0.3 is 0 Å². The van der Waals surface area contributed by atoms with Crippen LogP contribution in [0.4, 0.5) is 0 Å². The van der Waals surface area contributed by atoms with Crippen molar-refractivity contribution >= 4 is 11.6 Å². The molecule has 1 amide bonds. The lowest BCUT2D eigenvalue weighted by molar-refractivity contribution is 0.0995. The van der Waals surface area contributed by atoms with Crippen molar-refractivity contribution in [2.75, 3.05) is 0 Å². The van der Waals surface area contributed by atoms with Gasteiger partial charge in [-0.05, 0) is 48.6 Å². The zero-order chi connectivity index (χ0) is 22.8. The topological polar surface area (TPSA) is 102 Å². The SMILES string of the molecule is NC(=O)c1cc2nc(-c3ccc(OCc4ccccc4)cc3)c(C3CCCCC3)c(=O)n2[nH]1. The van der Waals surface area contributed by atoms with E-state index in [1.807, 2.05) is 54.6 Å². The average molecular weight is 443 g/mol. The molecule has 2 aromatic carbocycles. The number of carbonyl (C=O) groups excluding carboxylic acids is 1. The molecule has 2 heterocycles. The van der Waals surface area contributed by atoms with Gasteiger partial charge in [0.15, 0.2) is 5.65 Å². The van der Waals surface area contributed by atoms with Gasteiger partial charge in [0, 0.05) is 17.2 Å². The molecule has 0 saturated heterocycles. The second-order valence-corrected chi connectivity index (χ2v) is 8.54. The first-order chi connectivity index (χ1) is 16.1. The summed E-state index contributed by atoms with van der Waals surface area (Å²) < 4.78 is 7.25. The minimum atomic E-state index is -0.624. The minimum absolute atomic E-state index is 0.139. The van der Waals surface area contributed by atoms with Gasteiger partial charge in [0.1, 0.15) is 18.1 Å². The molecule has 4 aromatic rings. The van der Waals surface area contributed by atoms with Crippen molar-refractivity contribution in [1.29, 1.82) is 0 Å². The Morgan fingerprint density at radius 2 is 1.79 bits per heavy atom. The molecule has 5 rings (SSSR count). The van der Waals surface area contributed by atoms with Gasteiger partial charge < -0.3 is 10.5 Å². The first kappa shape index (κ1) is 21.0. The molecule has 1 aliphatic rings. The number of H-pyrrole nitrogens is 1. The van der Waals surface area contributed by atoms with Crippen LogP contribution in [0.15, 0.2) is 65.5 Å². The van der Waals surface area contributed by atoms with Crippen molar-refractivity contribution in [2.24, 2.45) is 5.73 Å². The molecule has 0 aliphatic heterocycles. The third kappa shape index (κ3) is 4.26. The van der Waals surface area contributed by atoms with Gasteiger partial charge in [-0.3, -0.25) is 14.7 Å². The van der Waals surface area contributed by atoms with Crippen LogP contribution in [0.2, 0.25) is 0 Å². The van der Waals surface area contributed by atoms with Gasteiger partial charge in [0.2, 0.25) is 0 Å². The number of nitrogens with two attached hydrogens (primary N) is 1. The van der Waals surface area contributed by atoms with Crippen LogP contribution in [-0.2, 0) is 6.61 Å². The number of ether oxygens (including phenoxy) is 1. The highest BCUT2D eigenvalue weighted by atomic mass is 16.5. The normalized spacial score (nSPS) is 14.4. The van der Waals surface area contributed by atoms with Crippen molar-refractivity contribution in [1.82, 2.24) is 14.6 Å². The van der Waals surface area contributed by atoms with Gasteiger partial charge in [-0.15, -0.1) is 0 Å². The van der Waals surface area contributed by atoms with Crippen molar-refractivity contribution in [3.63, 3.8) is 0 Å². The van der Waals surface area contributed by atoms with Crippen LogP contribution < -0.4 is 16.0 Å². The second kappa shape index (κ2) is 8.94. The third-order valence-electron chi connectivity index (χ3n) is 6.30. The summed E-state index contributed by atoms with van der Waals surface area (Å²) in [7, 11) is 0. The fourth-order valence-corrected chi connectivity index (χ4v) is 4.59. The first-order valence-corrected chi connectivity index (χ1v) is 11.3. The average Bonchev–Trinajstić information content (AvgIpc) is 3.29. The molecule has 0 radical (unpaired) electrons. The molecule has 33 heavy (non-hydrogen) atoms. The van der Waals surface area contributed by atoms with Gasteiger partial charge in [-0.25, -0.2) is 9.50 Å². The van der Waals surface area contributed by atoms with E-state index >= 15 is 0 Å². The molecule has 2 aromatic heterocycles. The molecule has 0 atom stereocenters. The molecule has 0 bridgehead atoms. The summed E-state index contributed by atoms with van der Waals surface area (Å²) in [6.07, 6.45) is 5.28. The number of amides is 1. The maximum Gasteiger partial charge on any atom is 0.276 e. The van der Waals surface area contributed by atoms with Crippen molar-refractivity contribution in [2.45, 2.75) is 44.6 Å². The largest absolute Gasteiger partial charge is 0.489 e. The summed E-state index contributed by atoms with van der Waals surface area (Å²) in [6, 6.07) is 19.2. The van der Waals surface area contributed by atoms with Crippen molar-refractivity contribution < 1.29 is 9.53 Å². The van der Waals surface area contributed by atoms with Crippen LogP contribution in [0.5, 0.6) is 5.75 Å². The van der Waals surface area contributed by atoms with Crippen molar-refractivity contribution in [3.05, 3.63) is 87.8 Å². The summed E-state index contributed by atoms with van der Waals surface area (Å²) in [4.78, 5) is 29.9. The van der Waals surface area contributed by atoms with E-state index in [0.717, 1.165) is 42.6 Å². The van der Waals surface area contributed by atoms with E-state index in [9.17, 15) is 9.59 Å². The Morgan fingerprint density at radius 1 is 1.06 bits per heavy atom. The lowest BCUT2D eigenvalue weighted by Crippen LogP contribution is -2.25. The maximum absolute atomic E-state index is 13.5. The molecule has 1 aliphatic carbocycles. The fraction of sp³-hybridized carbons (Fsp3) is 0.269. The Labute approximate surface area is 191 Å². The van der Waals surface area contributed by atoms with Gasteiger partial charge in [0.05, 0.1) is 5.69 Å². The van der Waals surface area contributed by atoms with Gasteiger partial charge in [0.25, 0.3) is 11.5 Å². The number of hydrogen-bond acceptors (Lipinski definition) is 4. The highest BCUT2D eigenvalue weighted by Crippen LogP contribution is 2.36. The lowest BCUT2D eigenvalue weighted by atomic mass is 9.83. The number of hydrogen-bond donors (Lipinski definition) is 2. The molecular formula is C26H26N4O3. The van der Waals surface area contributed by atoms with Crippen LogP contribution >= 0.6 is 0 Å². The number of benzene rings is 2. The zero-order valence-corrected chi connectivity index (χ0v) is 18.3. The Morgan fingerprint density at radius 3 is 2.48 bits per heavy atom. The van der Waals surface area contributed by atoms with Crippen LogP contribution in [0.3, 0.4) is 0 Å². The third-order valence-corrected chi connectivity index (χ3v) is 6.30. The molecule has 0 unspecified atom stereocenters. The number of aromatic nitrogens is 3. The number of carbonyl (C=O) groups is 1. The zero-order valence-electron chi connectivity index (χ0n) is 18.3. The number of rotatable bonds is 6. The van der Waals surface area contributed by atoms with E-state index in [0.29, 0.717) is 23.5 Å². The molecule has 7 nitrogen and oxygen atoms in total. The van der Waals surface area contributed by atoms with E-state index in [4.69, 9.17) is 15.5 Å². The van der Waals surface area contributed by atoms with E-state index in [1.165, 1.54) is 17.0 Å². The monoisotopic (exact) mass is 442 g/mol. The fourth-order valence-electron chi connectivity index (χ4n) is 4.59. The highest BCUT2D eigenvalue weighted by molar-refractivity contribution is 5.91. The Balaban J connectivity index is 1.53. The number of nitrogens with zero attached hydrogens (tertiary/aromatic N) is 2. The lowest BCUT2D eigenvalue weighted by Gasteiger charge is -2.23. The maximum atomic E-state index is 13.5. The summed E-state index contributed by atoms with van der Waals surface area (Å²) >= 11 is 0. The molecule has 1 fully saturated rings. The molecule has 168 valence electrons. The smallest absolute Gasteiger partial charge is 0.276 e. The Kier molecular flexibility index (Phi) is 5.69. The molecular weight excluding hydrogens is 416 g/mol. The van der Waals surface area contributed by atoms with E-state index in [1.54, 1.807) is 0 Å². The molecule has 7 heteroatoms. The second-order valence-electron chi connectivity index (χ2n) is 8.54. The highest BCUT2D eigenvalue weighted by Gasteiger charge is 2.26. The van der Waals surface area contributed by atoms with Crippen LogP contribution in [0.1, 0.15) is 59.6 Å². The van der Waals surface area contributed by atoms with Crippen LogP contribution in [0, 0.1) is 0 Å². The molecule has 1 saturated carbocycles. The van der Waals surface area contributed by atoms with E-state index in [-0.39, 0.29) is 17.2 Å². The first-order valence-electron chi connectivity index (χ1n) is 11.3. The van der Waals surface area contributed by atoms with E-state index < -0.39 is 5.91 Å². The summed E-state index contributed by atoms with van der Waals surface area (Å²) in [5.74, 6) is 0.262. The molecule has 3 N–H and O–H groups in total. The van der Waals surface area contributed by atoms with Gasteiger partial charge in [-0.1, -0.05) is 49.6 Å². The van der Waals surface area contributed by atoms with Crippen LogP contribution in [-0.4, -0.2) is 20.5 Å². The number of primary amides is 1. The Bertz CT molecular complexity index is 1330. The summed E-state index contributed by atoms with van der Waals surface area (Å²) in [5.41, 5.74) is 9.10. The number of fused-ring (bicyclic) bond motifs is 1. The number of aromatic amines is 1. The number of nitrogens with one attached hydrogen (secondary N) is 1. The Hall–Kier alpha value is -3.87. The standard InChI is InChI=1S/C26H26N4O3/c27-25(31)21-15-22-28-24(23(26(32)30(22)29-21)18-9-5-2-6-10-18)19-11-13-20(14-12-19)33-16-17-7-3-1-4-8-17/h1,3-4,7-8,11-15,18,29H,2,5-6,9-10,16H2,(H2,27,31). The quantitative estimate of drug-likeness (QED) is 0.461. The minimum Gasteiger partial charge on any atom is -0.489 e.